The Bertz CT molecular complexity index is 1600. The summed E-state index contributed by atoms with van der Waals surface area (Å²) in [6.07, 6.45) is 3.70. The van der Waals surface area contributed by atoms with Crippen molar-refractivity contribution in [3.63, 3.8) is 0 Å². The van der Waals surface area contributed by atoms with Gasteiger partial charge in [-0.1, -0.05) is 91.0 Å². The molecule has 0 unspecified atom stereocenters. The summed E-state index contributed by atoms with van der Waals surface area (Å²) in [7, 11) is 0. The lowest BCUT2D eigenvalue weighted by Crippen LogP contribution is -2.18. The van der Waals surface area contributed by atoms with E-state index in [1.807, 2.05) is 66.9 Å². The van der Waals surface area contributed by atoms with Crippen LogP contribution in [0.5, 0.6) is 5.75 Å². The predicted molar refractivity (Wildman–Crippen MR) is 147 cm³/mol. The first-order valence-corrected chi connectivity index (χ1v) is 12.0. The third-order valence-electron chi connectivity index (χ3n) is 6.57. The molecule has 0 fully saturated rings. The molecule has 1 aliphatic rings. The molecule has 4 aromatic carbocycles. The maximum Gasteiger partial charge on any atom is 0.140 e. The highest BCUT2D eigenvalue weighted by molar-refractivity contribution is 5.95. The molecule has 0 aliphatic carbocycles. The van der Waals surface area contributed by atoms with E-state index in [2.05, 4.69) is 65.9 Å². The minimum Gasteiger partial charge on any atom is -0.456 e. The molecule has 0 radical (unpaired) electrons. The lowest BCUT2D eigenvalue weighted by atomic mass is 9.80. The van der Waals surface area contributed by atoms with Gasteiger partial charge >= 0.3 is 0 Å². The number of pyridine rings is 1. The van der Waals surface area contributed by atoms with Crippen molar-refractivity contribution in [1.29, 1.82) is 0 Å². The van der Waals surface area contributed by atoms with Crippen LogP contribution in [0.4, 0.5) is 5.69 Å². The fourth-order valence-corrected chi connectivity index (χ4v) is 4.84. The molecule has 0 saturated carbocycles. The molecule has 1 aromatic heterocycles. The second kappa shape index (κ2) is 9.51. The first-order chi connectivity index (χ1) is 17.8. The zero-order chi connectivity index (χ0) is 24.3. The largest absolute Gasteiger partial charge is 0.456 e. The van der Waals surface area contributed by atoms with Gasteiger partial charge in [0, 0.05) is 34.2 Å². The van der Waals surface area contributed by atoms with Gasteiger partial charge in [-0.05, 0) is 36.2 Å². The Labute approximate surface area is 210 Å². The van der Waals surface area contributed by atoms with E-state index in [4.69, 9.17) is 9.84 Å². The van der Waals surface area contributed by atoms with Gasteiger partial charge in [-0.25, -0.2) is 0 Å². The maximum absolute atomic E-state index is 6.54. The number of ether oxygens (including phenoxy) is 1. The Morgan fingerprint density at radius 3 is 2.39 bits per heavy atom. The minimum atomic E-state index is -0.0254. The number of allylic oxidation sites excluding steroid dienone is 1. The van der Waals surface area contributed by atoms with Gasteiger partial charge in [0.1, 0.15) is 11.5 Å². The normalized spacial score (nSPS) is 15.1. The second-order valence-electron chi connectivity index (χ2n) is 8.83. The molecular weight excluding hydrogens is 442 g/mol. The molecule has 1 N–H and O–H groups in total. The van der Waals surface area contributed by atoms with E-state index in [0.717, 1.165) is 44.8 Å². The molecule has 36 heavy (non-hydrogen) atoms. The maximum atomic E-state index is 6.54. The Balaban J connectivity index is 1.50. The summed E-state index contributed by atoms with van der Waals surface area (Å²) in [5.41, 5.74) is 10.6. The second-order valence-corrected chi connectivity index (χ2v) is 8.83. The van der Waals surface area contributed by atoms with Crippen molar-refractivity contribution in [2.45, 2.75) is 12.8 Å². The van der Waals surface area contributed by atoms with Crippen LogP contribution in [0.15, 0.2) is 126 Å². The van der Waals surface area contributed by atoms with Crippen LogP contribution >= 0.6 is 0 Å². The molecule has 6 rings (SSSR count). The lowest BCUT2D eigenvalue weighted by Gasteiger charge is -2.30. The molecule has 1 aliphatic heterocycles. The van der Waals surface area contributed by atoms with E-state index in [1.165, 1.54) is 11.1 Å². The highest BCUT2D eigenvalue weighted by atomic mass is 16.5. The van der Waals surface area contributed by atoms with Crippen LogP contribution in [0, 0.1) is 6.92 Å². The van der Waals surface area contributed by atoms with Crippen LogP contribution in [-0.2, 0) is 0 Å². The Morgan fingerprint density at radius 2 is 1.53 bits per heavy atom. The zero-order valence-corrected chi connectivity index (χ0v) is 19.9. The SMILES string of the molecule is Cc1ccccc1[C@H]1C(/C=N\Nc2cccc3cccnc23)=C(c2ccccc2)Oc2ccccc21. The number of fused-ring (bicyclic) bond motifs is 2. The van der Waals surface area contributed by atoms with Gasteiger partial charge in [-0.3, -0.25) is 10.4 Å². The van der Waals surface area contributed by atoms with Crippen LogP contribution in [0.1, 0.15) is 28.2 Å². The summed E-state index contributed by atoms with van der Waals surface area (Å²) in [5.74, 6) is 1.65. The monoisotopic (exact) mass is 467 g/mol. The quantitative estimate of drug-likeness (QED) is 0.214. The van der Waals surface area contributed by atoms with E-state index in [9.17, 15) is 0 Å². The average Bonchev–Trinajstić information content (AvgIpc) is 2.94. The van der Waals surface area contributed by atoms with Crippen molar-refractivity contribution in [1.82, 2.24) is 4.98 Å². The van der Waals surface area contributed by atoms with Crippen LogP contribution < -0.4 is 10.2 Å². The lowest BCUT2D eigenvalue weighted by molar-refractivity contribution is 0.489. The Morgan fingerprint density at radius 1 is 0.778 bits per heavy atom. The molecule has 0 amide bonds. The fraction of sp³-hybridized carbons (Fsp3) is 0.0625. The molecule has 2 heterocycles. The standard InChI is InChI=1S/C32H25N3O/c1-22-11-5-6-16-25(22)30-26-17-7-8-19-29(26)36-32(24-12-3-2-4-13-24)27(30)21-34-35-28-18-9-14-23-15-10-20-33-31(23)28/h2-21,30,35H,1H3/b34-21-/t30-/m1/s1. The summed E-state index contributed by atoms with van der Waals surface area (Å²) >= 11 is 0. The van der Waals surface area contributed by atoms with E-state index in [1.54, 1.807) is 6.20 Å². The molecular formula is C32H25N3O. The van der Waals surface area contributed by atoms with Gasteiger partial charge in [0.2, 0.25) is 0 Å². The van der Waals surface area contributed by atoms with Crippen LogP contribution in [0.2, 0.25) is 0 Å². The van der Waals surface area contributed by atoms with Crippen LogP contribution in [-0.4, -0.2) is 11.2 Å². The number of aromatic nitrogens is 1. The first kappa shape index (κ1) is 21.8. The summed E-state index contributed by atoms with van der Waals surface area (Å²) < 4.78 is 6.54. The van der Waals surface area contributed by atoms with E-state index < -0.39 is 0 Å². The molecule has 1 atom stereocenters. The van der Waals surface area contributed by atoms with Gasteiger partial charge in [-0.2, -0.15) is 5.10 Å². The first-order valence-electron chi connectivity index (χ1n) is 12.0. The number of hydrogen-bond acceptors (Lipinski definition) is 4. The number of nitrogens with zero attached hydrogens (tertiary/aromatic N) is 2. The Hall–Kier alpha value is -4.70. The van der Waals surface area contributed by atoms with E-state index in [0.29, 0.717) is 0 Å². The van der Waals surface area contributed by atoms with Crippen molar-refractivity contribution in [3.05, 3.63) is 143 Å². The topological polar surface area (TPSA) is 46.5 Å². The van der Waals surface area contributed by atoms with Crippen molar-refractivity contribution >= 4 is 28.6 Å². The number of hydrazone groups is 1. The van der Waals surface area contributed by atoms with E-state index >= 15 is 0 Å². The zero-order valence-electron chi connectivity index (χ0n) is 19.9. The van der Waals surface area contributed by atoms with Crippen LogP contribution in [0.25, 0.3) is 16.7 Å². The minimum absolute atomic E-state index is 0.0254. The fourth-order valence-electron chi connectivity index (χ4n) is 4.84. The summed E-state index contributed by atoms with van der Waals surface area (Å²) in [6, 6.07) is 37.1. The number of anilines is 1. The van der Waals surface area contributed by atoms with Crippen molar-refractivity contribution in [2.75, 3.05) is 5.43 Å². The average molecular weight is 468 g/mol. The van der Waals surface area contributed by atoms with Crippen molar-refractivity contribution in [2.24, 2.45) is 5.10 Å². The number of hydrogen-bond donors (Lipinski definition) is 1. The Kier molecular flexibility index (Phi) is 5.76. The smallest absolute Gasteiger partial charge is 0.140 e. The number of benzene rings is 4. The number of aryl methyl sites for hydroxylation is 1. The summed E-state index contributed by atoms with van der Waals surface area (Å²) in [4.78, 5) is 4.54. The molecule has 174 valence electrons. The third-order valence-corrected chi connectivity index (χ3v) is 6.57. The number of rotatable bonds is 5. The molecule has 5 aromatic rings. The van der Waals surface area contributed by atoms with Gasteiger partial charge in [-0.15, -0.1) is 0 Å². The highest BCUT2D eigenvalue weighted by Gasteiger charge is 2.31. The van der Waals surface area contributed by atoms with Gasteiger partial charge in [0.25, 0.3) is 0 Å². The van der Waals surface area contributed by atoms with Crippen molar-refractivity contribution < 1.29 is 4.74 Å². The van der Waals surface area contributed by atoms with Gasteiger partial charge < -0.3 is 4.74 Å². The summed E-state index contributed by atoms with van der Waals surface area (Å²) in [6.45, 7) is 2.16. The number of nitrogens with one attached hydrogen (secondary N) is 1. The van der Waals surface area contributed by atoms with E-state index in [-0.39, 0.29) is 5.92 Å². The van der Waals surface area contributed by atoms with Crippen LogP contribution in [0.3, 0.4) is 0 Å². The molecule has 0 spiro atoms. The molecule has 4 heteroatoms. The van der Waals surface area contributed by atoms with Gasteiger partial charge in [0.05, 0.1) is 17.4 Å². The highest BCUT2D eigenvalue weighted by Crippen LogP contribution is 2.45. The number of para-hydroxylation sites is 2. The molecule has 4 nitrogen and oxygen atoms in total. The predicted octanol–water partition coefficient (Wildman–Crippen LogP) is 7.58. The molecule has 0 bridgehead atoms. The van der Waals surface area contributed by atoms with Crippen molar-refractivity contribution in [3.8, 4) is 5.75 Å². The summed E-state index contributed by atoms with van der Waals surface area (Å²) in [5, 5.41) is 5.78. The van der Waals surface area contributed by atoms with Gasteiger partial charge in [0.15, 0.2) is 0 Å². The third kappa shape index (κ3) is 4.03. The molecule has 0 saturated heterocycles.